The van der Waals surface area contributed by atoms with Crippen LogP contribution in [-0.4, -0.2) is 109 Å². The molecule has 6 rings (SSSR count). The van der Waals surface area contributed by atoms with Crippen molar-refractivity contribution < 1.29 is 37.5 Å². The molecule has 49 heavy (non-hydrogen) atoms. The largest absolute Gasteiger partial charge is 0.519 e. The highest BCUT2D eigenvalue weighted by atomic mass is 16.6. The lowest BCUT2D eigenvalue weighted by Crippen LogP contribution is -2.63. The molecular weight excluding hydrogens is 636 g/mol. The first-order valence-electron chi connectivity index (χ1n) is 17.2. The summed E-state index contributed by atoms with van der Waals surface area (Å²) in [6.45, 7) is 5.29. The molecular formula is C34H46N6O9. The topological polar surface area (TPSA) is 176 Å². The van der Waals surface area contributed by atoms with Crippen LogP contribution in [0.25, 0.3) is 0 Å². The Bertz CT molecular complexity index is 1590. The van der Waals surface area contributed by atoms with E-state index < -0.39 is 35.8 Å². The van der Waals surface area contributed by atoms with Gasteiger partial charge in [-0.05, 0) is 59.1 Å². The van der Waals surface area contributed by atoms with Crippen LogP contribution in [0, 0.1) is 6.92 Å². The number of nitrogens with one attached hydrogen (secondary N) is 3. The summed E-state index contributed by atoms with van der Waals surface area (Å²) >= 11 is 0. The fourth-order valence-corrected chi connectivity index (χ4v) is 7.17. The molecule has 5 atom stereocenters. The molecule has 3 saturated heterocycles. The molecule has 1 aromatic heterocycles. The van der Waals surface area contributed by atoms with Gasteiger partial charge in [-0.3, -0.25) is 19.3 Å². The van der Waals surface area contributed by atoms with Crippen LogP contribution in [0.3, 0.4) is 0 Å². The van der Waals surface area contributed by atoms with E-state index in [2.05, 4.69) is 16.0 Å². The van der Waals surface area contributed by atoms with Crippen molar-refractivity contribution in [2.75, 3.05) is 40.0 Å². The quantitative estimate of drug-likeness (QED) is 0.370. The zero-order valence-corrected chi connectivity index (χ0v) is 28.3. The Labute approximate surface area is 284 Å². The number of para-hydroxylation sites is 1. The molecule has 15 nitrogen and oxygen atoms in total. The second kappa shape index (κ2) is 15.0. The van der Waals surface area contributed by atoms with Gasteiger partial charge in [-0.2, -0.15) is 0 Å². The average Bonchev–Trinajstić information content (AvgIpc) is 3.66. The first kappa shape index (κ1) is 34.5. The minimum atomic E-state index is -1.10. The average molecular weight is 683 g/mol. The number of likely N-dealkylation sites (N-methyl/N-ethyl adjacent to an activating group) is 1. The lowest BCUT2D eigenvalue weighted by molar-refractivity contribution is -0.145. The molecule has 0 spiro atoms. The Morgan fingerprint density at radius 3 is 2.47 bits per heavy atom. The molecule has 0 bridgehead atoms. The minimum Gasteiger partial charge on any atom is -0.493 e. The highest BCUT2D eigenvalue weighted by molar-refractivity contribution is 5.94. The molecule has 15 heteroatoms. The van der Waals surface area contributed by atoms with Crippen LogP contribution in [0.15, 0.2) is 37.9 Å². The van der Waals surface area contributed by atoms with E-state index in [9.17, 15) is 24.0 Å². The third-order valence-electron chi connectivity index (χ3n) is 10.2. The third kappa shape index (κ3) is 7.77. The van der Waals surface area contributed by atoms with Crippen molar-refractivity contribution in [1.29, 1.82) is 0 Å². The van der Waals surface area contributed by atoms with Gasteiger partial charge < -0.3 is 44.1 Å². The van der Waals surface area contributed by atoms with Gasteiger partial charge in [-0.25, -0.2) is 9.59 Å². The van der Waals surface area contributed by atoms with Crippen LogP contribution in [0.5, 0.6) is 5.75 Å². The van der Waals surface area contributed by atoms with Gasteiger partial charge in [0.15, 0.2) is 5.76 Å². The Morgan fingerprint density at radius 1 is 0.939 bits per heavy atom. The van der Waals surface area contributed by atoms with Crippen LogP contribution >= 0.6 is 0 Å². The number of aryl methyl sites for hydroxylation is 1. The summed E-state index contributed by atoms with van der Waals surface area (Å²) in [5.41, 5.74) is 0.898. The Balaban J connectivity index is 1.20. The number of rotatable bonds is 8. The summed E-state index contributed by atoms with van der Waals surface area (Å²) in [6.07, 6.45) is 3.57. The summed E-state index contributed by atoms with van der Waals surface area (Å²) in [5, 5.41) is 9.15. The first-order valence-corrected chi connectivity index (χ1v) is 17.2. The van der Waals surface area contributed by atoms with Crippen LogP contribution in [0.4, 0.5) is 4.79 Å². The SMILES string of the molecule is Cc1oc(=O)oc1CN(C)[C@@H](C)C(=O)N[C@H]1CN(C(=O)NC2CCOCC2)CC[C@H]2CC[C@@H](C(=O)N[C@@H]3CCOc4ccccc43)N2C1=O. The van der Waals surface area contributed by atoms with Crippen LogP contribution in [0.2, 0.25) is 0 Å². The predicted octanol–water partition coefficient (Wildman–Crippen LogP) is 1.44. The molecule has 266 valence electrons. The van der Waals surface area contributed by atoms with Crippen LogP contribution in [0.1, 0.15) is 68.6 Å². The van der Waals surface area contributed by atoms with Gasteiger partial charge in [-0.15, -0.1) is 0 Å². The number of benzene rings is 1. The van der Waals surface area contributed by atoms with E-state index in [0.29, 0.717) is 76.4 Å². The smallest absolute Gasteiger partial charge is 0.493 e. The summed E-state index contributed by atoms with van der Waals surface area (Å²) in [5.74, 6) is -0.578. The van der Waals surface area contributed by atoms with Crippen molar-refractivity contribution in [3.05, 3.63) is 52.0 Å². The second-order valence-corrected chi connectivity index (χ2v) is 13.4. The molecule has 0 saturated carbocycles. The van der Waals surface area contributed by atoms with Gasteiger partial charge in [0.1, 0.15) is 23.6 Å². The molecule has 4 aliphatic heterocycles. The number of nitrogens with zero attached hydrogens (tertiary/aromatic N) is 3. The standard InChI is InChI=1S/C34H46N6O9/c1-20(38(3)19-29-21(2)48-34(45)49-29)30(41)37-26-18-39(33(44)35-22-11-15-46-16-12-22)14-10-23-8-9-27(40(23)32(26)43)31(42)36-25-13-17-47-28-7-5-4-6-24(25)28/h4-7,20,22-23,25-27H,8-19H2,1-3H3,(H,35,44)(H,36,42)(H,37,41)/t20-,23+,25+,26-,27-/m0/s1. The molecule has 3 fully saturated rings. The summed E-state index contributed by atoms with van der Waals surface area (Å²) < 4.78 is 21.3. The predicted molar refractivity (Wildman–Crippen MR) is 174 cm³/mol. The van der Waals surface area contributed by atoms with Crippen molar-refractivity contribution in [2.24, 2.45) is 0 Å². The van der Waals surface area contributed by atoms with Crippen LogP contribution < -0.4 is 26.5 Å². The maximum atomic E-state index is 14.5. The Morgan fingerprint density at radius 2 is 1.71 bits per heavy atom. The van der Waals surface area contributed by atoms with Gasteiger partial charge in [0.2, 0.25) is 17.7 Å². The molecule has 2 aromatic rings. The zero-order chi connectivity index (χ0) is 34.7. The van der Waals surface area contributed by atoms with Gasteiger partial charge >= 0.3 is 11.9 Å². The molecule has 3 N–H and O–H groups in total. The van der Waals surface area contributed by atoms with Gasteiger partial charge in [0.05, 0.1) is 31.8 Å². The fourth-order valence-electron chi connectivity index (χ4n) is 7.17. The number of fused-ring (bicyclic) bond motifs is 2. The first-order chi connectivity index (χ1) is 23.6. The maximum absolute atomic E-state index is 14.5. The summed E-state index contributed by atoms with van der Waals surface area (Å²) in [7, 11) is 1.69. The minimum absolute atomic E-state index is 0.0399. The van der Waals surface area contributed by atoms with Crippen molar-refractivity contribution >= 4 is 23.8 Å². The maximum Gasteiger partial charge on any atom is 0.519 e. The number of urea groups is 1. The molecule has 0 unspecified atom stereocenters. The highest BCUT2D eigenvalue weighted by Crippen LogP contribution is 2.34. The molecule has 0 aliphatic carbocycles. The van der Waals surface area contributed by atoms with E-state index >= 15 is 0 Å². The summed E-state index contributed by atoms with van der Waals surface area (Å²) in [6, 6.07) is 4.17. The van der Waals surface area contributed by atoms with Gasteiger partial charge in [-0.1, -0.05) is 18.2 Å². The number of ether oxygens (including phenoxy) is 2. The summed E-state index contributed by atoms with van der Waals surface area (Å²) in [4.78, 5) is 72.0. The van der Waals surface area contributed by atoms with E-state index in [4.69, 9.17) is 18.3 Å². The van der Waals surface area contributed by atoms with E-state index in [1.165, 1.54) is 0 Å². The van der Waals surface area contributed by atoms with E-state index in [-0.39, 0.29) is 43.2 Å². The number of carbonyl (C=O) groups is 4. The highest BCUT2D eigenvalue weighted by Gasteiger charge is 2.46. The number of hydrogen-bond acceptors (Lipinski definition) is 10. The number of amides is 5. The molecule has 0 radical (unpaired) electrons. The zero-order valence-electron chi connectivity index (χ0n) is 28.3. The molecule has 1 aromatic carbocycles. The number of carbonyl (C=O) groups excluding carboxylic acids is 4. The lowest BCUT2D eigenvalue weighted by Gasteiger charge is -2.40. The second-order valence-electron chi connectivity index (χ2n) is 13.4. The normalized spacial score (nSPS) is 25.0. The lowest BCUT2D eigenvalue weighted by atomic mass is 10.00. The van der Waals surface area contributed by atoms with Crippen LogP contribution in [-0.2, 0) is 25.7 Å². The van der Waals surface area contributed by atoms with E-state index in [1.807, 2.05) is 24.3 Å². The molecule has 4 aliphatic rings. The monoisotopic (exact) mass is 682 g/mol. The van der Waals surface area contributed by atoms with E-state index in [0.717, 1.165) is 11.3 Å². The van der Waals surface area contributed by atoms with Crippen molar-refractivity contribution in [3.63, 3.8) is 0 Å². The number of hydrogen-bond donors (Lipinski definition) is 3. The van der Waals surface area contributed by atoms with Crippen molar-refractivity contribution in [3.8, 4) is 5.75 Å². The Hall–Kier alpha value is -4.37. The fraction of sp³-hybridized carbons (Fsp3) is 0.618. The third-order valence-corrected chi connectivity index (χ3v) is 10.2. The molecule has 5 amide bonds. The Kier molecular flexibility index (Phi) is 10.6. The van der Waals surface area contributed by atoms with Crippen molar-refractivity contribution in [2.45, 2.75) is 95.2 Å². The van der Waals surface area contributed by atoms with Gasteiger partial charge in [0, 0.05) is 43.8 Å². The van der Waals surface area contributed by atoms with E-state index in [1.54, 1.807) is 35.6 Å². The van der Waals surface area contributed by atoms with Gasteiger partial charge in [0.25, 0.3) is 0 Å². The van der Waals surface area contributed by atoms with Crippen molar-refractivity contribution in [1.82, 2.24) is 30.7 Å². The molecule has 5 heterocycles.